The van der Waals surface area contributed by atoms with Crippen molar-refractivity contribution in [1.29, 1.82) is 0 Å². The quantitative estimate of drug-likeness (QED) is 0.470. The minimum atomic E-state index is -0.0703. The molecule has 0 saturated heterocycles. The second kappa shape index (κ2) is 8.55. The zero-order valence-corrected chi connectivity index (χ0v) is 17.8. The number of thioether (sulfide) groups is 1. The molecule has 31 heavy (non-hydrogen) atoms. The molecule has 1 aliphatic carbocycles. The van der Waals surface area contributed by atoms with Gasteiger partial charge >= 0.3 is 0 Å². The van der Waals surface area contributed by atoms with E-state index in [1.807, 2.05) is 63.6 Å². The molecule has 0 atom stereocenters. The number of fused-ring (bicyclic) bond motifs is 3. The lowest BCUT2D eigenvalue weighted by atomic mass is 10.2. The van der Waals surface area contributed by atoms with Crippen molar-refractivity contribution in [1.82, 2.24) is 24.5 Å². The molecule has 0 aliphatic heterocycles. The monoisotopic (exact) mass is 433 g/mol. The van der Waals surface area contributed by atoms with Gasteiger partial charge in [0.15, 0.2) is 5.16 Å². The number of nitrogens with zero attached hydrogens (tertiary/aromatic N) is 4. The van der Waals surface area contributed by atoms with E-state index in [1.165, 1.54) is 11.8 Å². The number of hydrogen-bond donors (Lipinski definition) is 1. The number of hydrogen-bond acceptors (Lipinski definition) is 5. The van der Waals surface area contributed by atoms with Gasteiger partial charge in [0, 0.05) is 12.6 Å². The van der Waals surface area contributed by atoms with Gasteiger partial charge in [-0.1, -0.05) is 67.1 Å². The number of aromatic nitrogens is 4. The van der Waals surface area contributed by atoms with E-state index in [-0.39, 0.29) is 23.3 Å². The number of amides is 1. The van der Waals surface area contributed by atoms with Crippen LogP contribution in [0.5, 0.6) is 0 Å². The summed E-state index contributed by atoms with van der Waals surface area (Å²) in [6.45, 7) is 0.491. The summed E-state index contributed by atoms with van der Waals surface area (Å²) < 4.78 is 3.73. The third-order valence-corrected chi connectivity index (χ3v) is 6.71. The minimum absolute atomic E-state index is 0.0143. The predicted molar refractivity (Wildman–Crippen MR) is 121 cm³/mol. The van der Waals surface area contributed by atoms with Gasteiger partial charge in [-0.05, 0) is 30.5 Å². The molecule has 1 amide bonds. The van der Waals surface area contributed by atoms with E-state index >= 15 is 0 Å². The Morgan fingerprint density at radius 1 is 1.03 bits per heavy atom. The molecule has 2 heterocycles. The Morgan fingerprint density at radius 3 is 2.58 bits per heavy atom. The topological polar surface area (TPSA) is 81.3 Å². The fourth-order valence-electron chi connectivity index (χ4n) is 4.26. The van der Waals surface area contributed by atoms with Crippen LogP contribution in [-0.4, -0.2) is 30.8 Å². The van der Waals surface area contributed by atoms with Crippen LogP contribution in [0, 0.1) is 0 Å². The van der Waals surface area contributed by atoms with Gasteiger partial charge in [0.2, 0.25) is 11.7 Å². The number of nitrogens with one attached hydrogen (secondary N) is 1. The van der Waals surface area contributed by atoms with E-state index in [1.54, 1.807) is 0 Å². The first kappa shape index (κ1) is 19.8. The summed E-state index contributed by atoms with van der Waals surface area (Å²) >= 11 is 1.33. The van der Waals surface area contributed by atoms with Gasteiger partial charge in [-0.3, -0.25) is 18.6 Å². The summed E-state index contributed by atoms with van der Waals surface area (Å²) in [6, 6.07) is 17.5. The highest BCUT2D eigenvalue weighted by atomic mass is 32.2. The molecule has 158 valence electrons. The highest BCUT2D eigenvalue weighted by Crippen LogP contribution is 2.31. The lowest BCUT2D eigenvalue weighted by Gasteiger charge is -2.16. The molecule has 4 aromatic rings. The fourth-order valence-corrected chi connectivity index (χ4v) is 5.03. The van der Waals surface area contributed by atoms with Gasteiger partial charge in [-0.15, -0.1) is 10.2 Å². The summed E-state index contributed by atoms with van der Waals surface area (Å²) in [7, 11) is 0. The van der Waals surface area contributed by atoms with Crippen LogP contribution in [0.4, 0.5) is 0 Å². The number of para-hydroxylation sites is 1. The number of carbonyl (C=O) groups is 1. The molecule has 7 nitrogen and oxygen atoms in total. The third-order valence-electron chi connectivity index (χ3n) is 5.78. The van der Waals surface area contributed by atoms with Gasteiger partial charge in [-0.2, -0.15) is 0 Å². The average molecular weight is 434 g/mol. The predicted octanol–water partition coefficient (Wildman–Crippen LogP) is 3.57. The van der Waals surface area contributed by atoms with Crippen molar-refractivity contribution < 1.29 is 4.79 Å². The zero-order chi connectivity index (χ0) is 21.2. The van der Waals surface area contributed by atoms with Crippen LogP contribution in [-0.2, 0) is 11.3 Å². The van der Waals surface area contributed by atoms with Gasteiger partial charge in [0.05, 0.1) is 16.7 Å². The Morgan fingerprint density at radius 2 is 1.77 bits per heavy atom. The van der Waals surface area contributed by atoms with Crippen molar-refractivity contribution in [2.75, 3.05) is 5.75 Å². The van der Waals surface area contributed by atoms with Crippen molar-refractivity contribution in [2.45, 2.75) is 43.4 Å². The van der Waals surface area contributed by atoms with E-state index in [9.17, 15) is 9.59 Å². The molecule has 0 unspecified atom stereocenters. The van der Waals surface area contributed by atoms with Gasteiger partial charge in [-0.25, -0.2) is 0 Å². The van der Waals surface area contributed by atoms with Crippen LogP contribution in [0.3, 0.4) is 0 Å². The van der Waals surface area contributed by atoms with E-state index in [0.717, 1.165) is 36.8 Å². The second-order valence-corrected chi connectivity index (χ2v) is 8.74. The molecule has 1 N–H and O–H groups in total. The Labute approximate surface area is 183 Å². The van der Waals surface area contributed by atoms with Crippen LogP contribution in [0.15, 0.2) is 64.5 Å². The Hall–Kier alpha value is -3.13. The van der Waals surface area contributed by atoms with E-state index in [4.69, 9.17) is 0 Å². The van der Waals surface area contributed by atoms with Crippen molar-refractivity contribution in [3.63, 3.8) is 0 Å². The van der Waals surface area contributed by atoms with Crippen molar-refractivity contribution in [2.24, 2.45) is 0 Å². The molecule has 1 aliphatic rings. The van der Waals surface area contributed by atoms with Gasteiger partial charge in [0.25, 0.3) is 5.56 Å². The number of rotatable bonds is 6. The molecule has 0 spiro atoms. The van der Waals surface area contributed by atoms with Gasteiger partial charge in [0.1, 0.15) is 0 Å². The molecule has 2 aromatic heterocycles. The molecule has 0 radical (unpaired) electrons. The molecular weight excluding hydrogens is 410 g/mol. The molecule has 5 rings (SSSR count). The van der Waals surface area contributed by atoms with Crippen LogP contribution in [0.25, 0.3) is 16.7 Å². The second-order valence-electron chi connectivity index (χ2n) is 7.80. The first-order valence-corrected chi connectivity index (χ1v) is 11.5. The smallest absolute Gasteiger partial charge is 0.263 e. The number of carbonyl (C=O) groups excluding carboxylic acids is 1. The van der Waals surface area contributed by atoms with E-state index < -0.39 is 0 Å². The summed E-state index contributed by atoms with van der Waals surface area (Å²) in [6.07, 6.45) is 4.19. The Bertz CT molecular complexity index is 1290. The Kier molecular flexibility index (Phi) is 5.46. The summed E-state index contributed by atoms with van der Waals surface area (Å²) in [5.41, 5.74) is 1.81. The first-order valence-electron chi connectivity index (χ1n) is 10.5. The highest BCUT2D eigenvalue weighted by Gasteiger charge is 2.24. The first-order chi connectivity index (χ1) is 15.2. The molecular formula is C23H23N5O2S. The molecule has 2 aromatic carbocycles. The lowest BCUT2D eigenvalue weighted by Crippen LogP contribution is -2.26. The van der Waals surface area contributed by atoms with Crippen LogP contribution < -0.4 is 10.9 Å². The normalized spacial score (nSPS) is 14.5. The standard InChI is InChI=1S/C23H23N5O2S/c29-20(24-14-16-8-2-1-3-9-16)15-31-23-26-25-22-27(17-10-4-5-11-17)21(30)18-12-6-7-13-19(18)28(22)23/h1-3,6-9,12-13,17H,4-5,10-11,14-15H2,(H,24,29). The molecule has 8 heteroatoms. The van der Waals surface area contributed by atoms with E-state index in [2.05, 4.69) is 15.5 Å². The third kappa shape index (κ3) is 3.83. The lowest BCUT2D eigenvalue weighted by molar-refractivity contribution is -0.118. The van der Waals surface area contributed by atoms with Crippen LogP contribution in [0.1, 0.15) is 37.3 Å². The number of benzene rings is 2. The van der Waals surface area contributed by atoms with Crippen molar-refractivity contribution >= 4 is 34.3 Å². The molecule has 1 saturated carbocycles. The summed E-state index contributed by atoms with van der Waals surface area (Å²) in [5, 5.41) is 12.9. The highest BCUT2D eigenvalue weighted by molar-refractivity contribution is 7.99. The Balaban J connectivity index is 1.44. The van der Waals surface area contributed by atoms with Crippen LogP contribution in [0.2, 0.25) is 0 Å². The van der Waals surface area contributed by atoms with E-state index in [0.29, 0.717) is 22.9 Å². The van der Waals surface area contributed by atoms with Crippen LogP contribution >= 0.6 is 11.8 Å². The summed E-state index contributed by atoms with van der Waals surface area (Å²) in [5.74, 6) is 0.714. The molecule has 1 fully saturated rings. The average Bonchev–Trinajstić information content (AvgIpc) is 3.48. The summed E-state index contributed by atoms with van der Waals surface area (Å²) in [4.78, 5) is 25.6. The fraction of sp³-hybridized carbons (Fsp3) is 0.304. The molecule has 0 bridgehead atoms. The SMILES string of the molecule is O=C(CSc1nnc2n(C3CCCC3)c(=O)c3ccccc3n12)NCc1ccccc1. The minimum Gasteiger partial charge on any atom is -0.351 e. The zero-order valence-electron chi connectivity index (χ0n) is 17.0. The van der Waals surface area contributed by atoms with Gasteiger partial charge < -0.3 is 5.32 Å². The maximum absolute atomic E-state index is 13.2. The van der Waals surface area contributed by atoms with Crippen molar-refractivity contribution in [3.05, 3.63) is 70.5 Å². The largest absolute Gasteiger partial charge is 0.351 e. The van der Waals surface area contributed by atoms with Crippen molar-refractivity contribution in [3.8, 4) is 0 Å². The maximum Gasteiger partial charge on any atom is 0.263 e. The maximum atomic E-state index is 13.2.